The molecule has 120 valence electrons. The summed E-state index contributed by atoms with van der Waals surface area (Å²) in [4.78, 5) is 1.77. The number of nitrogens with one attached hydrogen (secondary N) is 1. The second-order valence-corrected chi connectivity index (χ2v) is 5.40. The quantitative estimate of drug-likeness (QED) is 0.893. The third-order valence-electron chi connectivity index (χ3n) is 4.07. The Morgan fingerprint density at radius 1 is 1.29 bits per heavy atom. The van der Waals surface area contributed by atoms with Crippen LogP contribution in [-0.4, -0.2) is 48.7 Å². The van der Waals surface area contributed by atoms with Gasteiger partial charge in [0.25, 0.3) is 5.92 Å². The number of benzene rings is 1. The molecule has 2 rings (SSSR count). The van der Waals surface area contributed by atoms with Crippen molar-refractivity contribution in [1.29, 1.82) is 0 Å². The fraction of sp³-hybridized carbons (Fsp3) is 0.600. The summed E-state index contributed by atoms with van der Waals surface area (Å²) in [5, 5.41) is 12.3. The van der Waals surface area contributed by atoms with E-state index in [4.69, 9.17) is 5.11 Å². The number of aliphatic hydroxyl groups is 1. The largest absolute Gasteiger partial charge is 0.390 e. The monoisotopic (exact) mass is 320 g/mol. The van der Waals surface area contributed by atoms with Gasteiger partial charge in [-0.3, -0.25) is 4.90 Å². The van der Waals surface area contributed by atoms with Crippen molar-refractivity contribution in [3.63, 3.8) is 0 Å². The Labute approximate surface area is 130 Å². The van der Waals surface area contributed by atoms with E-state index in [1.54, 1.807) is 17.0 Å². The minimum atomic E-state index is -3.14. The van der Waals surface area contributed by atoms with Crippen LogP contribution in [0.4, 0.5) is 8.78 Å². The summed E-state index contributed by atoms with van der Waals surface area (Å²) in [7, 11) is 0. The summed E-state index contributed by atoms with van der Waals surface area (Å²) in [6, 6.07) is 4.42. The zero-order valence-electron chi connectivity index (χ0n) is 12.4. The van der Waals surface area contributed by atoms with Crippen LogP contribution in [0, 0.1) is 13.8 Å². The maximum absolute atomic E-state index is 14.3. The Morgan fingerprint density at radius 2 is 1.90 bits per heavy atom. The van der Waals surface area contributed by atoms with Crippen LogP contribution in [0.1, 0.15) is 22.7 Å². The number of halogens is 3. The zero-order chi connectivity index (χ0) is 14.8. The first-order valence-corrected chi connectivity index (χ1v) is 6.97. The molecule has 6 heteroatoms. The average molecular weight is 321 g/mol. The second kappa shape index (κ2) is 7.49. The molecular formula is C15H23ClF2N2O. The lowest BCUT2D eigenvalue weighted by Gasteiger charge is -2.39. The van der Waals surface area contributed by atoms with Crippen molar-refractivity contribution in [2.24, 2.45) is 0 Å². The molecule has 0 radical (unpaired) electrons. The lowest BCUT2D eigenvalue weighted by molar-refractivity contribution is -0.118. The number of piperazine rings is 1. The van der Waals surface area contributed by atoms with E-state index < -0.39 is 18.6 Å². The van der Waals surface area contributed by atoms with Gasteiger partial charge in [-0.1, -0.05) is 18.2 Å². The summed E-state index contributed by atoms with van der Waals surface area (Å²) in [6.07, 6.45) is 0. The van der Waals surface area contributed by atoms with Gasteiger partial charge in [-0.2, -0.15) is 0 Å². The van der Waals surface area contributed by atoms with E-state index in [1.807, 2.05) is 19.9 Å². The number of hydrogen-bond acceptors (Lipinski definition) is 3. The topological polar surface area (TPSA) is 35.5 Å². The smallest absolute Gasteiger partial charge is 0.289 e. The Morgan fingerprint density at radius 3 is 2.48 bits per heavy atom. The van der Waals surface area contributed by atoms with Gasteiger partial charge in [0.1, 0.15) is 12.6 Å². The molecule has 0 aliphatic carbocycles. The maximum Gasteiger partial charge on any atom is 0.289 e. The highest BCUT2D eigenvalue weighted by atomic mass is 35.5. The first-order chi connectivity index (χ1) is 9.47. The van der Waals surface area contributed by atoms with Crippen LogP contribution in [0.15, 0.2) is 18.2 Å². The van der Waals surface area contributed by atoms with Gasteiger partial charge in [0.05, 0.1) is 0 Å². The average Bonchev–Trinajstić information content (AvgIpc) is 2.45. The highest BCUT2D eigenvalue weighted by Gasteiger charge is 2.44. The molecule has 1 aromatic rings. The molecule has 1 aromatic carbocycles. The standard InChI is InChI=1S/C15H22F2N2O.ClH/c1-11-4-3-5-13(12(11)2)14(15(16,17)10-20)19-8-6-18-7-9-19;/h3-5,14,18,20H,6-10H2,1-2H3;1H/t14-;/m1./s1. The molecule has 1 aliphatic heterocycles. The molecule has 0 aromatic heterocycles. The number of nitrogens with zero attached hydrogens (tertiary/aromatic N) is 1. The van der Waals surface area contributed by atoms with Gasteiger partial charge in [0.15, 0.2) is 0 Å². The number of aryl methyl sites for hydroxylation is 1. The van der Waals surface area contributed by atoms with Gasteiger partial charge < -0.3 is 10.4 Å². The Balaban J connectivity index is 0.00000220. The number of rotatable bonds is 4. The van der Waals surface area contributed by atoms with E-state index in [1.165, 1.54) is 0 Å². The van der Waals surface area contributed by atoms with E-state index in [0.717, 1.165) is 11.1 Å². The summed E-state index contributed by atoms with van der Waals surface area (Å²) in [5.74, 6) is -3.14. The van der Waals surface area contributed by atoms with E-state index in [-0.39, 0.29) is 12.4 Å². The fourth-order valence-corrected chi connectivity index (χ4v) is 2.79. The van der Waals surface area contributed by atoms with Crippen LogP contribution in [0.3, 0.4) is 0 Å². The highest BCUT2D eigenvalue weighted by molar-refractivity contribution is 5.85. The fourth-order valence-electron chi connectivity index (χ4n) is 2.79. The lowest BCUT2D eigenvalue weighted by Crippen LogP contribution is -2.51. The molecule has 3 nitrogen and oxygen atoms in total. The molecule has 2 N–H and O–H groups in total. The van der Waals surface area contributed by atoms with E-state index >= 15 is 0 Å². The van der Waals surface area contributed by atoms with Crippen molar-refractivity contribution >= 4 is 12.4 Å². The van der Waals surface area contributed by atoms with Crippen LogP contribution in [0.2, 0.25) is 0 Å². The maximum atomic E-state index is 14.3. The lowest BCUT2D eigenvalue weighted by atomic mass is 9.92. The zero-order valence-corrected chi connectivity index (χ0v) is 13.2. The molecule has 0 saturated carbocycles. The van der Waals surface area contributed by atoms with E-state index in [9.17, 15) is 8.78 Å². The SMILES string of the molecule is Cc1cccc([C@@H](N2CCNCC2)C(F)(F)CO)c1C.Cl. The van der Waals surface area contributed by atoms with E-state index in [0.29, 0.717) is 31.7 Å². The highest BCUT2D eigenvalue weighted by Crippen LogP contribution is 2.38. The van der Waals surface area contributed by atoms with Crippen molar-refractivity contribution in [3.05, 3.63) is 34.9 Å². The molecule has 1 fully saturated rings. The molecule has 0 spiro atoms. The molecule has 21 heavy (non-hydrogen) atoms. The molecule has 1 atom stereocenters. The molecule has 0 amide bonds. The van der Waals surface area contributed by atoms with Gasteiger partial charge in [-0.15, -0.1) is 12.4 Å². The normalized spacial score (nSPS) is 18.1. The van der Waals surface area contributed by atoms with E-state index in [2.05, 4.69) is 5.32 Å². The second-order valence-electron chi connectivity index (χ2n) is 5.40. The third kappa shape index (κ3) is 3.92. The van der Waals surface area contributed by atoms with Crippen LogP contribution < -0.4 is 5.32 Å². The minimum Gasteiger partial charge on any atom is -0.390 e. The summed E-state index contributed by atoms with van der Waals surface area (Å²) in [5.41, 5.74) is 2.49. The number of aliphatic hydroxyl groups excluding tert-OH is 1. The molecular weight excluding hydrogens is 298 g/mol. The first-order valence-electron chi connectivity index (χ1n) is 6.97. The van der Waals surface area contributed by atoms with Gasteiger partial charge in [0.2, 0.25) is 0 Å². The first kappa shape index (κ1) is 18.3. The summed E-state index contributed by atoms with van der Waals surface area (Å²) >= 11 is 0. The molecule has 1 saturated heterocycles. The summed E-state index contributed by atoms with van der Waals surface area (Å²) in [6.45, 7) is 5.18. The van der Waals surface area contributed by atoms with Crippen LogP contribution >= 0.6 is 12.4 Å². The third-order valence-corrected chi connectivity index (χ3v) is 4.07. The number of hydrogen-bond donors (Lipinski definition) is 2. The molecule has 0 bridgehead atoms. The van der Waals surface area contributed by atoms with Crippen LogP contribution in [0.5, 0.6) is 0 Å². The van der Waals surface area contributed by atoms with Gasteiger partial charge >= 0.3 is 0 Å². The van der Waals surface area contributed by atoms with Crippen molar-refractivity contribution < 1.29 is 13.9 Å². The Bertz CT molecular complexity index is 465. The van der Waals surface area contributed by atoms with Crippen molar-refractivity contribution in [3.8, 4) is 0 Å². The van der Waals surface area contributed by atoms with Crippen molar-refractivity contribution in [2.75, 3.05) is 32.8 Å². The van der Waals surface area contributed by atoms with Crippen molar-refractivity contribution in [2.45, 2.75) is 25.8 Å². The molecule has 1 heterocycles. The number of alkyl halides is 2. The molecule has 0 unspecified atom stereocenters. The Hall–Kier alpha value is -0.750. The van der Waals surface area contributed by atoms with Gasteiger partial charge in [-0.05, 0) is 30.5 Å². The summed E-state index contributed by atoms with van der Waals surface area (Å²) < 4.78 is 28.6. The van der Waals surface area contributed by atoms with Gasteiger partial charge in [-0.25, -0.2) is 8.78 Å². The van der Waals surface area contributed by atoms with Crippen LogP contribution in [0.25, 0.3) is 0 Å². The minimum absolute atomic E-state index is 0. The van der Waals surface area contributed by atoms with Crippen molar-refractivity contribution in [1.82, 2.24) is 10.2 Å². The van der Waals surface area contributed by atoms with Crippen LogP contribution in [-0.2, 0) is 0 Å². The van der Waals surface area contributed by atoms with Gasteiger partial charge in [0, 0.05) is 26.2 Å². The predicted molar refractivity (Wildman–Crippen MR) is 82.4 cm³/mol. The predicted octanol–water partition coefficient (Wildman–Crippen LogP) is 2.30. The Kier molecular flexibility index (Phi) is 6.53. The molecule has 1 aliphatic rings.